The van der Waals surface area contributed by atoms with Gasteiger partial charge in [-0.2, -0.15) is 13.2 Å². The van der Waals surface area contributed by atoms with E-state index in [1.807, 2.05) is 4.90 Å². The molecule has 6 heteroatoms. The van der Waals surface area contributed by atoms with E-state index in [4.69, 9.17) is 11.6 Å². The average Bonchev–Trinajstić information content (AvgIpc) is 2.80. The zero-order valence-corrected chi connectivity index (χ0v) is 11.7. The van der Waals surface area contributed by atoms with Crippen LogP contribution in [0.3, 0.4) is 0 Å². The van der Waals surface area contributed by atoms with Crippen LogP contribution in [-0.4, -0.2) is 17.6 Å². The molecule has 2 unspecified atom stereocenters. The number of anilines is 1. The lowest BCUT2D eigenvalue weighted by Gasteiger charge is -2.32. The molecule has 0 amide bonds. The lowest BCUT2D eigenvalue weighted by Crippen LogP contribution is -2.35. The van der Waals surface area contributed by atoms with Crippen LogP contribution in [0, 0.1) is 5.92 Å². The number of hydrogen-bond acceptors (Lipinski definition) is 2. The average molecular weight is 305 g/mol. The van der Waals surface area contributed by atoms with Gasteiger partial charge in [0.1, 0.15) is 11.0 Å². The van der Waals surface area contributed by atoms with Crippen LogP contribution in [0.15, 0.2) is 12.1 Å². The van der Waals surface area contributed by atoms with Gasteiger partial charge in [0.25, 0.3) is 0 Å². The number of rotatable bonds is 1. The zero-order chi connectivity index (χ0) is 14.3. The number of aromatic nitrogens is 1. The Morgan fingerprint density at radius 1 is 1.15 bits per heavy atom. The number of hydrogen-bond donors (Lipinski definition) is 0. The highest BCUT2D eigenvalue weighted by molar-refractivity contribution is 6.29. The summed E-state index contributed by atoms with van der Waals surface area (Å²) >= 11 is 5.77. The van der Waals surface area contributed by atoms with Crippen molar-refractivity contribution in [2.24, 2.45) is 5.92 Å². The van der Waals surface area contributed by atoms with E-state index in [9.17, 15) is 13.2 Å². The van der Waals surface area contributed by atoms with Crippen LogP contribution in [0.25, 0.3) is 0 Å². The lowest BCUT2D eigenvalue weighted by atomic mass is 9.85. The Balaban J connectivity index is 1.92. The van der Waals surface area contributed by atoms with E-state index >= 15 is 0 Å². The molecule has 0 aromatic carbocycles. The number of fused-ring (bicyclic) bond motifs is 1. The third kappa shape index (κ3) is 2.60. The lowest BCUT2D eigenvalue weighted by molar-refractivity contribution is -0.137. The predicted molar refractivity (Wildman–Crippen MR) is 72.0 cm³/mol. The highest BCUT2D eigenvalue weighted by Gasteiger charge is 2.38. The normalized spacial score (nSPS) is 26.7. The molecular formula is C14H16ClF3N2. The molecule has 3 rings (SSSR count). The van der Waals surface area contributed by atoms with Crippen LogP contribution in [0.1, 0.15) is 37.7 Å². The van der Waals surface area contributed by atoms with Crippen molar-refractivity contribution >= 4 is 17.4 Å². The van der Waals surface area contributed by atoms with E-state index in [0.717, 1.165) is 37.9 Å². The van der Waals surface area contributed by atoms with Gasteiger partial charge in [0.15, 0.2) is 0 Å². The Labute approximate surface area is 120 Å². The van der Waals surface area contributed by atoms with Crippen molar-refractivity contribution in [3.05, 3.63) is 22.8 Å². The van der Waals surface area contributed by atoms with Crippen molar-refractivity contribution in [2.75, 3.05) is 11.4 Å². The van der Waals surface area contributed by atoms with Gasteiger partial charge in [-0.15, -0.1) is 0 Å². The van der Waals surface area contributed by atoms with Crippen molar-refractivity contribution in [2.45, 2.75) is 44.3 Å². The maximum Gasteiger partial charge on any atom is 0.416 e. The molecule has 2 atom stereocenters. The van der Waals surface area contributed by atoms with Gasteiger partial charge in [0.2, 0.25) is 0 Å². The van der Waals surface area contributed by atoms with Crippen molar-refractivity contribution in [1.29, 1.82) is 0 Å². The minimum absolute atomic E-state index is 0.0888. The first kappa shape index (κ1) is 14.0. The van der Waals surface area contributed by atoms with Crippen molar-refractivity contribution in [1.82, 2.24) is 4.98 Å². The van der Waals surface area contributed by atoms with E-state index in [-0.39, 0.29) is 5.15 Å². The Hall–Kier alpha value is -0.970. The molecular weight excluding hydrogens is 289 g/mol. The fourth-order valence-corrected chi connectivity index (χ4v) is 3.69. The summed E-state index contributed by atoms with van der Waals surface area (Å²) in [6.07, 6.45) is 1.25. The molecule has 1 aromatic heterocycles. The Bertz CT molecular complexity index is 504. The first-order chi connectivity index (χ1) is 9.45. The molecule has 0 spiro atoms. The maximum atomic E-state index is 12.9. The molecule has 1 aliphatic heterocycles. The second kappa shape index (κ2) is 5.10. The molecule has 2 fully saturated rings. The van der Waals surface area contributed by atoms with Crippen LogP contribution < -0.4 is 4.90 Å². The summed E-state index contributed by atoms with van der Waals surface area (Å²) < 4.78 is 38.6. The minimum Gasteiger partial charge on any atom is -0.353 e. The Morgan fingerprint density at radius 3 is 2.65 bits per heavy atom. The monoisotopic (exact) mass is 304 g/mol. The summed E-state index contributed by atoms with van der Waals surface area (Å²) in [4.78, 5) is 6.13. The van der Waals surface area contributed by atoms with Crippen LogP contribution in [0.4, 0.5) is 19.0 Å². The summed E-state index contributed by atoms with van der Waals surface area (Å²) in [7, 11) is 0. The SMILES string of the molecule is FC(F)(F)c1cc(Cl)nc(N2CCC3CCCCC32)c1. The molecule has 110 valence electrons. The fourth-order valence-electron chi connectivity index (χ4n) is 3.48. The molecule has 2 heterocycles. The van der Waals surface area contributed by atoms with Gasteiger partial charge >= 0.3 is 6.18 Å². The quantitative estimate of drug-likeness (QED) is 0.709. The molecule has 0 radical (unpaired) electrons. The summed E-state index contributed by atoms with van der Waals surface area (Å²) in [5.74, 6) is 0.970. The summed E-state index contributed by atoms with van der Waals surface area (Å²) in [5, 5.41) is -0.0888. The maximum absolute atomic E-state index is 12.9. The largest absolute Gasteiger partial charge is 0.416 e. The van der Waals surface area contributed by atoms with Crippen LogP contribution in [0.2, 0.25) is 5.15 Å². The second-order valence-corrected chi connectivity index (χ2v) is 6.02. The van der Waals surface area contributed by atoms with Crippen molar-refractivity contribution < 1.29 is 13.2 Å². The fraction of sp³-hybridized carbons (Fsp3) is 0.643. The van der Waals surface area contributed by atoms with Gasteiger partial charge in [0.05, 0.1) is 5.56 Å². The smallest absolute Gasteiger partial charge is 0.353 e. The number of nitrogens with zero attached hydrogens (tertiary/aromatic N) is 2. The van der Waals surface area contributed by atoms with Gasteiger partial charge in [0, 0.05) is 12.6 Å². The van der Waals surface area contributed by atoms with E-state index in [2.05, 4.69) is 4.98 Å². The first-order valence-electron chi connectivity index (χ1n) is 6.96. The highest BCUT2D eigenvalue weighted by Crippen LogP contribution is 2.40. The standard InChI is InChI=1S/C14H16ClF3N2/c15-12-7-10(14(16,17)18)8-13(19-12)20-6-5-9-3-1-2-4-11(9)20/h7-9,11H,1-6H2. The van der Waals surface area contributed by atoms with Crippen LogP contribution in [0.5, 0.6) is 0 Å². The summed E-state index contributed by atoms with van der Waals surface area (Å²) in [5.41, 5.74) is -0.716. The van der Waals surface area contributed by atoms with E-state index < -0.39 is 11.7 Å². The van der Waals surface area contributed by atoms with Gasteiger partial charge in [-0.25, -0.2) is 4.98 Å². The third-order valence-corrected chi connectivity index (χ3v) is 4.61. The molecule has 1 aliphatic carbocycles. The molecule has 2 aliphatic rings. The molecule has 2 nitrogen and oxygen atoms in total. The van der Waals surface area contributed by atoms with Gasteiger partial charge in [-0.1, -0.05) is 24.4 Å². The van der Waals surface area contributed by atoms with E-state index in [0.29, 0.717) is 17.8 Å². The van der Waals surface area contributed by atoms with Crippen molar-refractivity contribution in [3.63, 3.8) is 0 Å². The topological polar surface area (TPSA) is 16.1 Å². The summed E-state index contributed by atoms with van der Waals surface area (Å²) in [6, 6.07) is 2.35. The molecule has 1 aromatic rings. The zero-order valence-electron chi connectivity index (χ0n) is 11.0. The van der Waals surface area contributed by atoms with Gasteiger partial charge in [-0.3, -0.25) is 0 Å². The van der Waals surface area contributed by atoms with Gasteiger partial charge in [-0.05, 0) is 37.3 Å². The highest BCUT2D eigenvalue weighted by atomic mass is 35.5. The van der Waals surface area contributed by atoms with Crippen molar-refractivity contribution in [3.8, 4) is 0 Å². The number of halogens is 4. The predicted octanol–water partition coefficient (Wildman–Crippen LogP) is 4.52. The molecule has 20 heavy (non-hydrogen) atoms. The Morgan fingerprint density at radius 2 is 1.90 bits per heavy atom. The Kier molecular flexibility index (Phi) is 3.56. The molecule has 1 saturated carbocycles. The van der Waals surface area contributed by atoms with E-state index in [1.54, 1.807) is 0 Å². The number of pyridine rings is 1. The third-order valence-electron chi connectivity index (χ3n) is 4.41. The van der Waals surface area contributed by atoms with E-state index in [1.165, 1.54) is 12.8 Å². The van der Waals surface area contributed by atoms with Crippen LogP contribution >= 0.6 is 11.6 Å². The van der Waals surface area contributed by atoms with Crippen LogP contribution in [-0.2, 0) is 6.18 Å². The summed E-state index contributed by atoms with van der Waals surface area (Å²) in [6.45, 7) is 0.778. The molecule has 0 bridgehead atoms. The first-order valence-corrected chi connectivity index (χ1v) is 7.34. The second-order valence-electron chi connectivity index (χ2n) is 5.63. The molecule has 1 saturated heterocycles. The van der Waals surface area contributed by atoms with Gasteiger partial charge < -0.3 is 4.90 Å². The minimum atomic E-state index is -4.38. The molecule has 0 N–H and O–H groups in total. The number of alkyl halides is 3.